The summed E-state index contributed by atoms with van der Waals surface area (Å²) in [6, 6.07) is 0. The summed E-state index contributed by atoms with van der Waals surface area (Å²) < 4.78 is 9.75. The van der Waals surface area contributed by atoms with Crippen molar-refractivity contribution in [2.45, 2.75) is 59.5 Å². The van der Waals surface area contributed by atoms with Crippen LogP contribution in [-0.4, -0.2) is 36.4 Å². The summed E-state index contributed by atoms with van der Waals surface area (Å²) in [6.45, 7) is 11.1. The van der Waals surface area contributed by atoms with E-state index in [-0.39, 0.29) is 18.5 Å². The van der Waals surface area contributed by atoms with Crippen LogP contribution in [0.2, 0.25) is 0 Å². The molecule has 0 aliphatic carbocycles. The molecule has 0 aliphatic rings. The first-order chi connectivity index (χ1) is 11.2. The quantitative estimate of drug-likeness (QED) is 0.461. The van der Waals surface area contributed by atoms with Gasteiger partial charge in [0.15, 0.2) is 0 Å². The third-order valence-electron chi connectivity index (χ3n) is 3.46. The Morgan fingerprint density at radius 2 is 1.62 bits per heavy atom. The van der Waals surface area contributed by atoms with Gasteiger partial charge in [0.05, 0.1) is 6.10 Å². The van der Waals surface area contributed by atoms with Crippen LogP contribution in [0.15, 0.2) is 35.5 Å². The Morgan fingerprint density at radius 1 is 1.00 bits per heavy atom. The van der Waals surface area contributed by atoms with Crippen LogP contribution in [0, 0.1) is 0 Å². The fourth-order valence-electron chi connectivity index (χ4n) is 1.92. The summed E-state index contributed by atoms with van der Waals surface area (Å²) in [7, 11) is 0. The molecule has 0 amide bonds. The summed E-state index contributed by atoms with van der Waals surface area (Å²) in [4.78, 5) is 21.4. The predicted molar refractivity (Wildman–Crippen MR) is 94.4 cm³/mol. The molecule has 0 spiro atoms. The smallest absolute Gasteiger partial charge is 0.302 e. The van der Waals surface area contributed by atoms with Crippen LogP contribution in [0.5, 0.6) is 0 Å². The molecule has 1 atom stereocenters. The topological polar surface area (TPSA) is 72.8 Å². The first-order valence-electron chi connectivity index (χ1n) is 8.16. The molecule has 0 saturated carbocycles. The number of aliphatic hydroxyl groups excluding tert-OH is 1. The highest BCUT2D eigenvalue weighted by Gasteiger charge is 2.08. The second-order valence-electron chi connectivity index (χ2n) is 5.94. The molecule has 0 aliphatic heterocycles. The van der Waals surface area contributed by atoms with Gasteiger partial charge in [-0.25, -0.2) is 0 Å². The van der Waals surface area contributed by atoms with Crippen LogP contribution in [0.3, 0.4) is 0 Å². The van der Waals surface area contributed by atoms with Crippen molar-refractivity contribution in [3.8, 4) is 0 Å². The van der Waals surface area contributed by atoms with E-state index >= 15 is 0 Å². The highest BCUT2D eigenvalue weighted by molar-refractivity contribution is 5.66. The molecule has 0 heterocycles. The van der Waals surface area contributed by atoms with Crippen molar-refractivity contribution in [2.24, 2.45) is 0 Å². The highest BCUT2D eigenvalue weighted by Crippen LogP contribution is 2.16. The number of hydrogen-bond acceptors (Lipinski definition) is 5. The van der Waals surface area contributed by atoms with Crippen LogP contribution in [0.25, 0.3) is 0 Å². The van der Waals surface area contributed by atoms with Crippen LogP contribution in [0.4, 0.5) is 0 Å². The van der Waals surface area contributed by atoms with Crippen molar-refractivity contribution in [1.29, 1.82) is 0 Å². The normalized spacial score (nSPS) is 13.4. The van der Waals surface area contributed by atoms with Crippen LogP contribution < -0.4 is 0 Å². The lowest BCUT2D eigenvalue weighted by Crippen LogP contribution is -2.09. The minimum Gasteiger partial charge on any atom is -0.462 e. The maximum Gasteiger partial charge on any atom is 0.302 e. The van der Waals surface area contributed by atoms with Gasteiger partial charge in [0.1, 0.15) is 13.2 Å². The maximum absolute atomic E-state index is 10.7. The zero-order valence-electron chi connectivity index (χ0n) is 15.3. The van der Waals surface area contributed by atoms with E-state index in [9.17, 15) is 14.7 Å². The molecular formula is C19H30O5. The van der Waals surface area contributed by atoms with Crippen molar-refractivity contribution in [1.82, 2.24) is 0 Å². The summed E-state index contributed by atoms with van der Waals surface area (Å²) >= 11 is 0. The first-order valence-corrected chi connectivity index (χ1v) is 8.16. The van der Waals surface area contributed by atoms with E-state index in [0.29, 0.717) is 19.4 Å². The van der Waals surface area contributed by atoms with Crippen molar-refractivity contribution in [3.63, 3.8) is 0 Å². The summed E-state index contributed by atoms with van der Waals surface area (Å²) in [5.41, 5.74) is 2.84. The highest BCUT2D eigenvalue weighted by atomic mass is 16.5. The number of allylic oxidation sites excluding steroid dienone is 2. The average Bonchev–Trinajstić information content (AvgIpc) is 2.50. The number of hydrogen-bond donors (Lipinski definition) is 1. The van der Waals surface area contributed by atoms with E-state index in [1.54, 1.807) is 0 Å². The van der Waals surface area contributed by atoms with E-state index in [4.69, 9.17) is 9.47 Å². The van der Waals surface area contributed by atoms with Gasteiger partial charge in [-0.15, -0.1) is 0 Å². The van der Waals surface area contributed by atoms with Crippen LogP contribution >= 0.6 is 0 Å². The SMILES string of the molecule is C=C(CC/C=C(\C)COC(C)=O)C(O)CC/C(C)=C/COC(C)=O. The van der Waals surface area contributed by atoms with Crippen molar-refractivity contribution < 1.29 is 24.2 Å². The molecule has 5 heteroatoms. The molecular weight excluding hydrogens is 308 g/mol. The van der Waals surface area contributed by atoms with E-state index in [2.05, 4.69) is 6.58 Å². The molecule has 0 bridgehead atoms. The van der Waals surface area contributed by atoms with E-state index in [1.165, 1.54) is 13.8 Å². The van der Waals surface area contributed by atoms with E-state index in [1.807, 2.05) is 26.0 Å². The second-order valence-corrected chi connectivity index (χ2v) is 5.94. The van der Waals surface area contributed by atoms with Crippen molar-refractivity contribution >= 4 is 11.9 Å². The fraction of sp³-hybridized carbons (Fsp3) is 0.579. The van der Waals surface area contributed by atoms with Gasteiger partial charge >= 0.3 is 11.9 Å². The Morgan fingerprint density at radius 3 is 2.21 bits per heavy atom. The lowest BCUT2D eigenvalue weighted by atomic mass is 9.99. The Hall–Kier alpha value is -1.88. The second kappa shape index (κ2) is 12.5. The lowest BCUT2D eigenvalue weighted by molar-refractivity contribution is -0.140. The van der Waals surface area contributed by atoms with Gasteiger partial charge in [0.25, 0.3) is 0 Å². The molecule has 0 rings (SSSR count). The standard InChI is InChI=1S/C19H30O5/c1-14(11-12-23-17(4)20)9-10-19(22)16(3)8-6-7-15(2)13-24-18(5)21/h7,11,19,22H,3,6,8-10,12-13H2,1-2,4-5H3/b14-11+,15-7+. The molecule has 5 nitrogen and oxygen atoms in total. The number of aliphatic hydroxyl groups is 1. The molecule has 0 aromatic carbocycles. The maximum atomic E-state index is 10.7. The number of carbonyl (C=O) groups is 2. The molecule has 0 aromatic heterocycles. The Balaban J connectivity index is 4.04. The summed E-state index contributed by atoms with van der Waals surface area (Å²) in [6.07, 6.45) is 6.05. The predicted octanol–water partition coefficient (Wildman–Crippen LogP) is 3.48. The van der Waals surface area contributed by atoms with Crippen molar-refractivity contribution in [2.75, 3.05) is 13.2 Å². The zero-order valence-corrected chi connectivity index (χ0v) is 15.3. The van der Waals surface area contributed by atoms with Gasteiger partial charge in [-0.3, -0.25) is 9.59 Å². The third kappa shape index (κ3) is 12.6. The largest absolute Gasteiger partial charge is 0.462 e. The zero-order chi connectivity index (χ0) is 18.5. The molecule has 0 radical (unpaired) electrons. The molecule has 0 saturated heterocycles. The van der Waals surface area contributed by atoms with Gasteiger partial charge in [-0.05, 0) is 56.8 Å². The van der Waals surface area contributed by atoms with Gasteiger partial charge < -0.3 is 14.6 Å². The number of esters is 2. The Labute approximate surface area is 145 Å². The number of carbonyl (C=O) groups excluding carboxylic acids is 2. The van der Waals surface area contributed by atoms with E-state index < -0.39 is 6.10 Å². The summed E-state index contributed by atoms with van der Waals surface area (Å²) in [5, 5.41) is 10.1. The van der Waals surface area contributed by atoms with Gasteiger partial charge in [0, 0.05) is 13.8 Å². The minimum absolute atomic E-state index is 0.268. The molecule has 0 aromatic rings. The number of rotatable bonds is 11. The first kappa shape index (κ1) is 22.1. The minimum atomic E-state index is -0.552. The monoisotopic (exact) mass is 338 g/mol. The van der Waals surface area contributed by atoms with E-state index in [0.717, 1.165) is 29.6 Å². The number of ether oxygens (including phenoxy) is 2. The van der Waals surface area contributed by atoms with Gasteiger partial charge in [0.2, 0.25) is 0 Å². The molecule has 136 valence electrons. The average molecular weight is 338 g/mol. The molecule has 1 N–H and O–H groups in total. The van der Waals surface area contributed by atoms with Gasteiger partial charge in [-0.2, -0.15) is 0 Å². The van der Waals surface area contributed by atoms with Crippen LogP contribution in [-0.2, 0) is 19.1 Å². The summed E-state index contributed by atoms with van der Waals surface area (Å²) in [5.74, 6) is -0.593. The van der Waals surface area contributed by atoms with Gasteiger partial charge in [-0.1, -0.05) is 18.2 Å². The Kier molecular flexibility index (Phi) is 11.5. The lowest BCUT2D eigenvalue weighted by Gasteiger charge is -2.13. The third-order valence-corrected chi connectivity index (χ3v) is 3.46. The van der Waals surface area contributed by atoms with Crippen LogP contribution in [0.1, 0.15) is 53.4 Å². The molecule has 0 fully saturated rings. The fourth-order valence-corrected chi connectivity index (χ4v) is 1.92. The molecule has 1 unspecified atom stereocenters. The Bertz CT molecular complexity index is 488. The molecule has 24 heavy (non-hydrogen) atoms. The van der Waals surface area contributed by atoms with Crippen molar-refractivity contribution in [3.05, 3.63) is 35.5 Å².